The maximum absolute atomic E-state index is 11.0. The molecule has 0 aliphatic heterocycles. The third-order valence-electron chi connectivity index (χ3n) is 3.49. The number of hydrogen-bond acceptors (Lipinski definition) is 3. The highest BCUT2D eigenvalue weighted by Crippen LogP contribution is 2.24. The first-order valence-corrected chi connectivity index (χ1v) is 6.53. The van der Waals surface area contributed by atoms with Gasteiger partial charge in [-0.25, -0.2) is 0 Å². The Labute approximate surface area is 108 Å². The van der Waals surface area contributed by atoms with Crippen molar-refractivity contribution in [3.05, 3.63) is 29.6 Å². The standard InChI is InChI=1S/C14H20N2O2/c1-11-5-4-6-12(15-11)9-16(10-14(17)18)13-7-2-3-8-13/h4-6,13H,2-3,7-10H2,1H3,(H,17,18). The van der Waals surface area contributed by atoms with Gasteiger partial charge in [0.2, 0.25) is 0 Å². The normalized spacial score (nSPS) is 16.3. The van der Waals surface area contributed by atoms with Gasteiger partial charge in [-0.05, 0) is 31.9 Å². The van der Waals surface area contributed by atoms with Crippen LogP contribution >= 0.6 is 0 Å². The van der Waals surface area contributed by atoms with E-state index in [0.717, 1.165) is 24.2 Å². The molecule has 0 unspecified atom stereocenters. The Hall–Kier alpha value is -1.42. The molecule has 18 heavy (non-hydrogen) atoms. The van der Waals surface area contributed by atoms with Gasteiger partial charge in [0.1, 0.15) is 0 Å². The number of aryl methyl sites for hydroxylation is 1. The van der Waals surface area contributed by atoms with Crippen molar-refractivity contribution in [3.8, 4) is 0 Å². The molecule has 2 rings (SSSR count). The minimum atomic E-state index is -0.755. The Kier molecular flexibility index (Phi) is 4.31. The van der Waals surface area contributed by atoms with Crippen LogP contribution in [0.2, 0.25) is 0 Å². The van der Waals surface area contributed by atoms with Gasteiger partial charge in [-0.15, -0.1) is 0 Å². The third-order valence-corrected chi connectivity index (χ3v) is 3.49. The lowest BCUT2D eigenvalue weighted by Crippen LogP contribution is -2.37. The molecular weight excluding hydrogens is 228 g/mol. The average Bonchev–Trinajstić information content (AvgIpc) is 2.80. The lowest BCUT2D eigenvalue weighted by molar-refractivity contribution is -0.139. The van der Waals surface area contributed by atoms with Crippen LogP contribution in [0.15, 0.2) is 18.2 Å². The van der Waals surface area contributed by atoms with E-state index in [-0.39, 0.29) is 6.54 Å². The number of carbonyl (C=O) groups is 1. The van der Waals surface area contributed by atoms with E-state index in [1.165, 1.54) is 12.8 Å². The van der Waals surface area contributed by atoms with Gasteiger partial charge in [-0.2, -0.15) is 0 Å². The number of aliphatic carboxylic acids is 1. The molecule has 0 spiro atoms. The van der Waals surface area contributed by atoms with Crippen molar-refractivity contribution < 1.29 is 9.90 Å². The Morgan fingerprint density at radius 1 is 1.44 bits per heavy atom. The number of rotatable bonds is 5. The molecule has 1 fully saturated rings. The number of carboxylic acids is 1. The molecule has 0 atom stereocenters. The first-order chi connectivity index (χ1) is 8.65. The monoisotopic (exact) mass is 248 g/mol. The largest absolute Gasteiger partial charge is 0.480 e. The first kappa shape index (κ1) is 13.0. The lowest BCUT2D eigenvalue weighted by Gasteiger charge is -2.26. The second-order valence-corrected chi connectivity index (χ2v) is 5.01. The molecule has 0 saturated heterocycles. The fourth-order valence-corrected chi connectivity index (χ4v) is 2.65. The van der Waals surface area contributed by atoms with E-state index in [1.807, 2.05) is 25.1 Å². The van der Waals surface area contributed by atoms with Gasteiger partial charge in [-0.1, -0.05) is 18.9 Å². The zero-order valence-corrected chi connectivity index (χ0v) is 10.8. The van der Waals surface area contributed by atoms with Crippen LogP contribution in [0.5, 0.6) is 0 Å². The van der Waals surface area contributed by atoms with Crippen LogP contribution in [-0.2, 0) is 11.3 Å². The molecule has 4 nitrogen and oxygen atoms in total. The van der Waals surface area contributed by atoms with Gasteiger partial charge in [-0.3, -0.25) is 14.7 Å². The predicted octanol–water partition coefficient (Wildman–Crippen LogP) is 2.22. The second-order valence-electron chi connectivity index (χ2n) is 5.01. The number of carboxylic acid groups (broad SMARTS) is 1. The summed E-state index contributed by atoms with van der Waals surface area (Å²) in [6.07, 6.45) is 4.64. The third kappa shape index (κ3) is 3.53. The molecule has 4 heteroatoms. The molecule has 1 N–H and O–H groups in total. The van der Waals surface area contributed by atoms with Crippen molar-refractivity contribution in [2.24, 2.45) is 0 Å². The fraction of sp³-hybridized carbons (Fsp3) is 0.571. The molecule has 1 aromatic rings. The van der Waals surface area contributed by atoms with Crippen LogP contribution in [0, 0.1) is 6.92 Å². The van der Waals surface area contributed by atoms with Gasteiger partial charge in [0.15, 0.2) is 0 Å². The summed E-state index contributed by atoms with van der Waals surface area (Å²) in [5.41, 5.74) is 1.94. The maximum atomic E-state index is 11.0. The molecule has 0 radical (unpaired) electrons. The van der Waals surface area contributed by atoms with Crippen molar-refractivity contribution in [2.45, 2.75) is 45.2 Å². The summed E-state index contributed by atoms with van der Waals surface area (Å²) in [5, 5.41) is 9.01. The topological polar surface area (TPSA) is 53.4 Å². The summed E-state index contributed by atoms with van der Waals surface area (Å²) in [4.78, 5) is 17.5. The van der Waals surface area contributed by atoms with Gasteiger partial charge in [0.05, 0.1) is 12.2 Å². The van der Waals surface area contributed by atoms with Crippen LogP contribution in [0.4, 0.5) is 0 Å². The minimum Gasteiger partial charge on any atom is -0.480 e. The first-order valence-electron chi connectivity index (χ1n) is 6.53. The highest BCUT2D eigenvalue weighted by atomic mass is 16.4. The highest BCUT2D eigenvalue weighted by molar-refractivity contribution is 5.69. The molecule has 1 heterocycles. The Morgan fingerprint density at radius 3 is 2.78 bits per heavy atom. The van der Waals surface area contributed by atoms with E-state index in [0.29, 0.717) is 12.6 Å². The Morgan fingerprint density at radius 2 is 2.17 bits per heavy atom. The summed E-state index contributed by atoms with van der Waals surface area (Å²) in [6.45, 7) is 2.71. The number of pyridine rings is 1. The average molecular weight is 248 g/mol. The maximum Gasteiger partial charge on any atom is 0.317 e. The SMILES string of the molecule is Cc1cccc(CN(CC(=O)O)C2CCCC2)n1. The van der Waals surface area contributed by atoms with E-state index >= 15 is 0 Å². The van der Waals surface area contributed by atoms with Crippen molar-refractivity contribution in [3.63, 3.8) is 0 Å². The van der Waals surface area contributed by atoms with E-state index in [9.17, 15) is 4.79 Å². The van der Waals surface area contributed by atoms with Crippen LogP contribution < -0.4 is 0 Å². The smallest absolute Gasteiger partial charge is 0.317 e. The molecule has 0 aromatic carbocycles. The van der Waals surface area contributed by atoms with Crippen molar-refractivity contribution >= 4 is 5.97 Å². The summed E-state index contributed by atoms with van der Waals surface area (Å²) in [7, 11) is 0. The van der Waals surface area contributed by atoms with Crippen LogP contribution in [0.3, 0.4) is 0 Å². The molecule has 0 bridgehead atoms. The Bertz CT molecular complexity index is 414. The Balaban J connectivity index is 2.06. The molecule has 98 valence electrons. The van der Waals surface area contributed by atoms with E-state index in [2.05, 4.69) is 9.88 Å². The quantitative estimate of drug-likeness (QED) is 0.868. The zero-order chi connectivity index (χ0) is 13.0. The van der Waals surface area contributed by atoms with E-state index in [1.54, 1.807) is 0 Å². The molecule has 1 aliphatic rings. The number of aromatic nitrogens is 1. The lowest BCUT2D eigenvalue weighted by atomic mass is 10.2. The summed E-state index contributed by atoms with van der Waals surface area (Å²) in [6, 6.07) is 6.31. The summed E-state index contributed by atoms with van der Waals surface area (Å²) >= 11 is 0. The summed E-state index contributed by atoms with van der Waals surface area (Å²) < 4.78 is 0. The van der Waals surface area contributed by atoms with Crippen LogP contribution in [-0.4, -0.2) is 33.5 Å². The van der Waals surface area contributed by atoms with Gasteiger partial charge >= 0.3 is 5.97 Å². The van der Waals surface area contributed by atoms with Crippen LogP contribution in [0.1, 0.15) is 37.1 Å². The van der Waals surface area contributed by atoms with Gasteiger partial charge in [0, 0.05) is 18.3 Å². The van der Waals surface area contributed by atoms with Crippen molar-refractivity contribution in [2.75, 3.05) is 6.54 Å². The molecule has 1 aliphatic carbocycles. The molecule has 1 saturated carbocycles. The van der Waals surface area contributed by atoms with Crippen LogP contribution in [0.25, 0.3) is 0 Å². The summed E-state index contributed by atoms with van der Waals surface area (Å²) in [5.74, 6) is -0.755. The van der Waals surface area contributed by atoms with E-state index in [4.69, 9.17) is 5.11 Å². The second kappa shape index (κ2) is 5.96. The molecule has 0 amide bonds. The van der Waals surface area contributed by atoms with Gasteiger partial charge in [0.25, 0.3) is 0 Å². The van der Waals surface area contributed by atoms with E-state index < -0.39 is 5.97 Å². The number of nitrogens with zero attached hydrogens (tertiary/aromatic N) is 2. The highest BCUT2D eigenvalue weighted by Gasteiger charge is 2.24. The molecular formula is C14H20N2O2. The predicted molar refractivity (Wildman–Crippen MR) is 69.3 cm³/mol. The van der Waals surface area contributed by atoms with Crippen molar-refractivity contribution in [1.82, 2.24) is 9.88 Å². The van der Waals surface area contributed by atoms with Crippen molar-refractivity contribution in [1.29, 1.82) is 0 Å². The molecule has 1 aromatic heterocycles. The van der Waals surface area contributed by atoms with Gasteiger partial charge < -0.3 is 5.11 Å². The number of hydrogen-bond donors (Lipinski definition) is 1. The minimum absolute atomic E-state index is 0.111. The fourth-order valence-electron chi connectivity index (χ4n) is 2.65. The zero-order valence-electron chi connectivity index (χ0n) is 10.8.